The van der Waals surface area contributed by atoms with Crippen LogP contribution in [0.3, 0.4) is 0 Å². The number of hydrogen-bond acceptors (Lipinski definition) is 2. The van der Waals surface area contributed by atoms with E-state index in [0.717, 1.165) is 10.3 Å². The van der Waals surface area contributed by atoms with Gasteiger partial charge in [0.2, 0.25) is 0 Å². The van der Waals surface area contributed by atoms with Gasteiger partial charge in [0.1, 0.15) is 4.64 Å². The Kier molecular flexibility index (Phi) is 2.19. The summed E-state index contributed by atoms with van der Waals surface area (Å²) in [6.45, 7) is 0. The molecule has 2 rings (SSSR count). The van der Waals surface area contributed by atoms with Crippen molar-refractivity contribution in [2.24, 2.45) is 0 Å². The number of hydrogen-bond donors (Lipinski definition) is 0. The zero-order valence-corrected chi connectivity index (χ0v) is 7.74. The normalized spacial score (nSPS) is 9.85. The minimum Gasteiger partial charge on any atom is -0.308 e. The molecule has 0 radical (unpaired) electrons. The van der Waals surface area contributed by atoms with E-state index in [1.54, 1.807) is 12.4 Å². The van der Waals surface area contributed by atoms with Crippen molar-refractivity contribution < 1.29 is 0 Å². The molecule has 2 nitrogen and oxygen atoms in total. The molecule has 0 aromatic carbocycles. The van der Waals surface area contributed by atoms with Gasteiger partial charge in [0.05, 0.1) is 0 Å². The predicted molar refractivity (Wildman–Crippen MR) is 54.4 cm³/mol. The predicted octanol–water partition coefficient (Wildman–Crippen LogP) is 2.60. The van der Waals surface area contributed by atoms with Gasteiger partial charge < -0.3 is 4.57 Å². The van der Waals surface area contributed by atoms with Crippen LogP contribution in [0.2, 0.25) is 0 Å². The number of rotatable bonds is 1. The van der Waals surface area contributed by atoms with Gasteiger partial charge in [-0.2, -0.15) is 0 Å². The van der Waals surface area contributed by atoms with Crippen LogP contribution < -0.4 is 0 Å². The van der Waals surface area contributed by atoms with Crippen LogP contribution in [0.5, 0.6) is 0 Å². The molecule has 64 valence electrons. The zero-order chi connectivity index (χ0) is 9.10. The summed E-state index contributed by atoms with van der Waals surface area (Å²) in [5.41, 5.74) is 1.04. The summed E-state index contributed by atoms with van der Waals surface area (Å²) < 4.78 is 2.74. The van der Waals surface area contributed by atoms with E-state index in [-0.39, 0.29) is 0 Å². The highest BCUT2D eigenvalue weighted by molar-refractivity contribution is 7.71. The molecule has 0 saturated heterocycles. The molecule has 0 bridgehead atoms. The topological polar surface area (TPSA) is 17.8 Å². The third-order valence-corrected chi connectivity index (χ3v) is 2.10. The van der Waals surface area contributed by atoms with E-state index in [1.807, 2.05) is 41.1 Å². The molecule has 0 atom stereocenters. The molecule has 0 spiro atoms. The Morgan fingerprint density at radius 3 is 2.54 bits per heavy atom. The van der Waals surface area contributed by atoms with Crippen LogP contribution in [0.4, 0.5) is 0 Å². The number of aromatic nitrogens is 2. The van der Waals surface area contributed by atoms with E-state index >= 15 is 0 Å². The lowest BCUT2D eigenvalue weighted by Crippen LogP contribution is -1.94. The molecule has 0 aliphatic heterocycles. The molecule has 13 heavy (non-hydrogen) atoms. The van der Waals surface area contributed by atoms with Gasteiger partial charge in [0.25, 0.3) is 0 Å². The lowest BCUT2D eigenvalue weighted by Gasteiger charge is -2.04. The SMILES string of the molecule is S=c1ccccn1-c1ccncc1. The van der Waals surface area contributed by atoms with E-state index in [9.17, 15) is 0 Å². The van der Waals surface area contributed by atoms with E-state index in [1.165, 1.54) is 0 Å². The maximum absolute atomic E-state index is 5.18. The minimum atomic E-state index is 0.800. The van der Waals surface area contributed by atoms with Crippen molar-refractivity contribution in [3.05, 3.63) is 53.6 Å². The molecule has 0 unspecified atom stereocenters. The summed E-state index contributed by atoms with van der Waals surface area (Å²) >= 11 is 5.18. The third-order valence-electron chi connectivity index (χ3n) is 1.76. The third kappa shape index (κ3) is 1.65. The van der Waals surface area contributed by atoms with Crippen molar-refractivity contribution >= 4 is 12.2 Å². The first-order chi connectivity index (χ1) is 6.38. The standard InChI is InChI=1S/C10H8N2S/c13-10-3-1-2-8-12(10)9-4-6-11-7-5-9/h1-8H. The Labute approximate surface area is 81.5 Å². The van der Waals surface area contributed by atoms with Crippen LogP contribution in [0.25, 0.3) is 5.69 Å². The highest BCUT2D eigenvalue weighted by Crippen LogP contribution is 2.05. The fourth-order valence-electron chi connectivity index (χ4n) is 1.15. The zero-order valence-electron chi connectivity index (χ0n) is 6.92. The van der Waals surface area contributed by atoms with Crippen LogP contribution >= 0.6 is 12.2 Å². The van der Waals surface area contributed by atoms with Crippen molar-refractivity contribution in [1.29, 1.82) is 0 Å². The number of nitrogens with zero attached hydrogens (tertiary/aromatic N) is 2. The van der Waals surface area contributed by atoms with Crippen molar-refractivity contribution in [3.8, 4) is 5.69 Å². The first-order valence-corrected chi connectivity index (χ1v) is 4.37. The second-order valence-electron chi connectivity index (χ2n) is 2.61. The van der Waals surface area contributed by atoms with Gasteiger partial charge in [-0.05, 0) is 24.3 Å². The molecule has 0 aliphatic rings. The Morgan fingerprint density at radius 1 is 1.08 bits per heavy atom. The summed E-state index contributed by atoms with van der Waals surface area (Å²) in [7, 11) is 0. The molecule has 0 fully saturated rings. The first-order valence-electron chi connectivity index (χ1n) is 3.96. The van der Waals surface area contributed by atoms with Crippen molar-refractivity contribution in [3.63, 3.8) is 0 Å². The van der Waals surface area contributed by atoms with Crippen LogP contribution in [-0.2, 0) is 0 Å². The lowest BCUT2D eigenvalue weighted by molar-refractivity contribution is 1.02. The van der Waals surface area contributed by atoms with E-state index in [2.05, 4.69) is 4.98 Å². The first kappa shape index (κ1) is 8.13. The maximum Gasteiger partial charge on any atom is 0.110 e. The molecule has 2 aromatic heterocycles. The minimum absolute atomic E-state index is 0.800. The highest BCUT2D eigenvalue weighted by Gasteiger charge is 1.92. The van der Waals surface area contributed by atoms with E-state index < -0.39 is 0 Å². The molecule has 3 heteroatoms. The summed E-state index contributed by atoms with van der Waals surface area (Å²) in [6.07, 6.45) is 5.45. The van der Waals surface area contributed by atoms with E-state index in [4.69, 9.17) is 12.2 Å². The van der Waals surface area contributed by atoms with Gasteiger partial charge in [0.15, 0.2) is 0 Å². The molecule has 0 N–H and O–H groups in total. The Morgan fingerprint density at radius 2 is 1.85 bits per heavy atom. The molecule has 0 amide bonds. The average Bonchev–Trinajstić information content (AvgIpc) is 2.20. The van der Waals surface area contributed by atoms with Gasteiger partial charge >= 0.3 is 0 Å². The summed E-state index contributed by atoms with van der Waals surface area (Å²) in [4.78, 5) is 3.95. The van der Waals surface area contributed by atoms with Gasteiger partial charge in [-0.3, -0.25) is 4.98 Å². The summed E-state index contributed by atoms with van der Waals surface area (Å²) in [6, 6.07) is 9.64. The fourth-order valence-corrected chi connectivity index (χ4v) is 1.39. The van der Waals surface area contributed by atoms with Crippen LogP contribution in [0.1, 0.15) is 0 Å². The molecular weight excluding hydrogens is 180 g/mol. The van der Waals surface area contributed by atoms with Crippen LogP contribution in [0, 0.1) is 4.64 Å². The monoisotopic (exact) mass is 188 g/mol. The maximum atomic E-state index is 5.18. The quantitative estimate of drug-likeness (QED) is 0.640. The van der Waals surface area contributed by atoms with Gasteiger partial charge in [-0.25, -0.2) is 0 Å². The molecule has 0 saturated carbocycles. The largest absolute Gasteiger partial charge is 0.308 e. The fraction of sp³-hybridized carbons (Fsp3) is 0. The summed E-state index contributed by atoms with van der Waals surface area (Å²) in [5.74, 6) is 0. The Balaban J connectivity index is 2.60. The van der Waals surface area contributed by atoms with Crippen molar-refractivity contribution in [1.82, 2.24) is 9.55 Å². The van der Waals surface area contributed by atoms with Crippen LogP contribution in [0.15, 0.2) is 48.9 Å². The Hall–Kier alpha value is -1.48. The van der Waals surface area contributed by atoms with Crippen molar-refractivity contribution in [2.45, 2.75) is 0 Å². The molecule has 0 aliphatic carbocycles. The number of pyridine rings is 2. The average molecular weight is 188 g/mol. The lowest BCUT2D eigenvalue weighted by atomic mass is 10.4. The van der Waals surface area contributed by atoms with Crippen molar-refractivity contribution in [2.75, 3.05) is 0 Å². The smallest absolute Gasteiger partial charge is 0.110 e. The van der Waals surface area contributed by atoms with Gasteiger partial charge in [0, 0.05) is 24.3 Å². The molecule has 2 aromatic rings. The summed E-state index contributed by atoms with van der Waals surface area (Å²) in [5, 5.41) is 0. The van der Waals surface area contributed by atoms with Gasteiger partial charge in [-0.1, -0.05) is 18.3 Å². The highest BCUT2D eigenvalue weighted by atomic mass is 32.1. The second-order valence-corrected chi connectivity index (χ2v) is 3.03. The van der Waals surface area contributed by atoms with Crippen LogP contribution in [-0.4, -0.2) is 9.55 Å². The van der Waals surface area contributed by atoms with E-state index in [0.29, 0.717) is 0 Å². The van der Waals surface area contributed by atoms with Gasteiger partial charge in [-0.15, -0.1) is 0 Å². The second kappa shape index (κ2) is 3.49. The molecule has 2 heterocycles. The Bertz CT molecular complexity index is 448. The molecular formula is C10H8N2S.